The number of nitrogens with one attached hydrogen (secondary N) is 1. The van der Waals surface area contributed by atoms with Crippen LogP contribution in [-0.2, 0) is 0 Å². The van der Waals surface area contributed by atoms with Crippen LogP contribution in [0.2, 0.25) is 5.02 Å². The molecule has 3 nitrogen and oxygen atoms in total. The van der Waals surface area contributed by atoms with E-state index in [1.807, 2.05) is 48.5 Å². The Morgan fingerprint density at radius 2 is 1.75 bits per heavy atom. The molecule has 4 heteroatoms. The number of hydrogen-bond acceptors (Lipinski definition) is 3. The van der Waals surface area contributed by atoms with Gasteiger partial charge in [0.15, 0.2) is 6.10 Å². The van der Waals surface area contributed by atoms with Gasteiger partial charge in [-0.15, -0.1) is 0 Å². The highest BCUT2D eigenvalue weighted by Gasteiger charge is 2.24. The van der Waals surface area contributed by atoms with Crippen molar-refractivity contribution in [3.8, 4) is 5.75 Å². The summed E-state index contributed by atoms with van der Waals surface area (Å²) in [5.74, 6) is 0.701. The fraction of sp³-hybridized carbons (Fsp3) is 0.250. The third-order valence-electron chi connectivity index (χ3n) is 2.98. The molecule has 2 N–H and O–H groups in total. The van der Waals surface area contributed by atoms with Crippen LogP contribution in [0.4, 0.5) is 0 Å². The summed E-state index contributed by atoms with van der Waals surface area (Å²) in [6.45, 7) is 0.419. The van der Waals surface area contributed by atoms with E-state index in [9.17, 15) is 5.11 Å². The van der Waals surface area contributed by atoms with Crippen molar-refractivity contribution in [2.45, 2.75) is 12.2 Å². The molecule has 0 radical (unpaired) electrons. The number of halogens is 1. The number of rotatable bonds is 6. The number of aliphatic hydroxyl groups is 1. The Labute approximate surface area is 124 Å². The van der Waals surface area contributed by atoms with E-state index in [1.54, 1.807) is 13.1 Å². The third-order valence-corrected chi connectivity index (χ3v) is 3.32. The van der Waals surface area contributed by atoms with Gasteiger partial charge in [0.05, 0.1) is 0 Å². The first-order valence-corrected chi connectivity index (χ1v) is 6.89. The van der Waals surface area contributed by atoms with Crippen LogP contribution in [0.25, 0.3) is 0 Å². The van der Waals surface area contributed by atoms with Crippen LogP contribution in [-0.4, -0.2) is 24.8 Å². The molecule has 0 spiro atoms. The zero-order valence-electron chi connectivity index (χ0n) is 11.3. The Kier molecular flexibility index (Phi) is 5.41. The molecule has 0 bridgehead atoms. The quantitative estimate of drug-likeness (QED) is 0.859. The number of hydrogen-bond donors (Lipinski definition) is 2. The van der Waals surface area contributed by atoms with E-state index in [1.165, 1.54) is 0 Å². The Morgan fingerprint density at radius 1 is 1.10 bits per heavy atom. The van der Waals surface area contributed by atoms with Gasteiger partial charge in [-0.3, -0.25) is 0 Å². The van der Waals surface area contributed by atoms with E-state index in [2.05, 4.69) is 5.32 Å². The lowest BCUT2D eigenvalue weighted by Crippen LogP contribution is -2.32. The molecule has 0 aliphatic heterocycles. The molecule has 0 fully saturated rings. The SMILES string of the molecule is CNCC(O)C(Oc1ccccc1)c1ccccc1Cl. The molecule has 2 rings (SSSR count). The van der Waals surface area contributed by atoms with Crippen molar-refractivity contribution >= 4 is 11.6 Å². The molecule has 0 aliphatic rings. The van der Waals surface area contributed by atoms with Gasteiger partial charge >= 0.3 is 0 Å². The maximum Gasteiger partial charge on any atom is 0.152 e. The Morgan fingerprint density at radius 3 is 2.40 bits per heavy atom. The zero-order chi connectivity index (χ0) is 14.4. The van der Waals surface area contributed by atoms with E-state index < -0.39 is 12.2 Å². The first kappa shape index (κ1) is 14.9. The second-order valence-electron chi connectivity index (χ2n) is 4.50. The molecule has 0 amide bonds. The number of para-hydroxylation sites is 1. The van der Waals surface area contributed by atoms with Gasteiger partial charge in [-0.1, -0.05) is 48.0 Å². The monoisotopic (exact) mass is 291 g/mol. The average Bonchev–Trinajstić information content (AvgIpc) is 2.47. The van der Waals surface area contributed by atoms with Gasteiger partial charge in [0, 0.05) is 17.1 Å². The van der Waals surface area contributed by atoms with Crippen molar-refractivity contribution in [1.82, 2.24) is 5.32 Å². The Hall–Kier alpha value is -1.55. The summed E-state index contributed by atoms with van der Waals surface area (Å²) in [5, 5.41) is 13.8. The van der Waals surface area contributed by atoms with E-state index in [4.69, 9.17) is 16.3 Å². The van der Waals surface area contributed by atoms with Crippen LogP contribution < -0.4 is 10.1 Å². The molecular weight excluding hydrogens is 274 g/mol. The number of aliphatic hydroxyl groups excluding tert-OH is 1. The summed E-state index contributed by atoms with van der Waals surface area (Å²) in [6, 6.07) is 16.8. The molecule has 0 saturated heterocycles. The minimum Gasteiger partial charge on any atom is -0.483 e. The van der Waals surface area contributed by atoms with Crippen LogP contribution in [0, 0.1) is 0 Å². The molecule has 106 valence electrons. The van der Waals surface area contributed by atoms with Gasteiger partial charge in [0.2, 0.25) is 0 Å². The number of likely N-dealkylation sites (N-methyl/N-ethyl adjacent to an activating group) is 1. The minimum absolute atomic E-state index is 0.419. The molecule has 2 aromatic rings. The number of ether oxygens (including phenoxy) is 1. The first-order chi connectivity index (χ1) is 9.72. The minimum atomic E-state index is -0.694. The predicted octanol–water partition coefficient (Wildman–Crippen LogP) is 3.04. The normalized spacial score (nSPS) is 13.8. The topological polar surface area (TPSA) is 41.5 Å². The molecular formula is C16H18ClNO2. The van der Waals surface area contributed by atoms with Crippen LogP contribution in [0.5, 0.6) is 5.75 Å². The van der Waals surface area contributed by atoms with Gasteiger partial charge in [-0.05, 0) is 25.2 Å². The summed E-state index contributed by atoms with van der Waals surface area (Å²) >= 11 is 6.22. The largest absolute Gasteiger partial charge is 0.483 e. The van der Waals surface area contributed by atoms with Crippen molar-refractivity contribution in [1.29, 1.82) is 0 Å². The van der Waals surface area contributed by atoms with Crippen molar-refractivity contribution in [2.75, 3.05) is 13.6 Å². The van der Waals surface area contributed by atoms with Crippen LogP contribution >= 0.6 is 11.6 Å². The van der Waals surface area contributed by atoms with E-state index in [0.717, 1.165) is 5.56 Å². The highest BCUT2D eigenvalue weighted by molar-refractivity contribution is 6.31. The zero-order valence-corrected chi connectivity index (χ0v) is 12.0. The van der Waals surface area contributed by atoms with Crippen molar-refractivity contribution in [2.24, 2.45) is 0 Å². The smallest absolute Gasteiger partial charge is 0.152 e. The summed E-state index contributed by atoms with van der Waals surface area (Å²) in [4.78, 5) is 0. The van der Waals surface area contributed by atoms with Crippen molar-refractivity contribution in [3.05, 3.63) is 65.2 Å². The second-order valence-corrected chi connectivity index (χ2v) is 4.91. The molecule has 2 unspecified atom stereocenters. The molecule has 0 saturated carbocycles. The van der Waals surface area contributed by atoms with E-state index in [-0.39, 0.29) is 0 Å². The fourth-order valence-corrected chi connectivity index (χ4v) is 2.26. The van der Waals surface area contributed by atoms with Crippen LogP contribution in [0.15, 0.2) is 54.6 Å². The van der Waals surface area contributed by atoms with Gasteiger partial charge in [0.1, 0.15) is 11.9 Å². The van der Waals surface area contributed by atoms with E-state index in [0.29, 0.717) is 17.3 Å². The van der Waals surface area contributed by atoms with Gasteiger partial charge in [0.25, 0.3) is 0 Å². The Bertz CT molecular complexity index is 533. The maximum atomic E-state index is 10.3. The lowest BCUT2D eigenvalue weighted by atomic mass is 10.0. The molecule has 2 atom stereocenters. The number of benzene rings is 2. The highest BCUT2D eigenvalue weighted by atomic mass is 35.5. The third kappa shape index (κ3) is 3.73. The van der Waals surface area contributed by atoms with Crippen LogP contribution in [0.1, 0.15) is 11.7 Å². The molecule has 2 aromatic carbocycles. The summed E-state index contributed by atoms with van der Waals surface area (Å²) < 4.78 is 5.92. The average molecular weight is 292 g/mol. The fourth-order valence-electron chi connectivity index (χ4n) is 2.02. The maximum absolute atomic E-state index is 10.3. The summed E-state index contributed by atoms with van der Waals surface area (Å²) in [6.07, 6.45) is -1.21. The molecule has 0 heterocycles. The van der Waals surface area contributed by atoms with Gasteiger partial charge in [-0.2, -0.15) is 0 Å². The molecule has 20 heavy (non-hydrogen) atoms. The second kappa shape index (κ2) is 7.29. The lowest BCUT2D eigenvalue weighted by molar-refractivity contribution is 0.0370. The molecule has 0 aliphatic carbocycles. The van der Waals surface area contributed by atoms with Crippen molar-refractivity contribution in [3.63, 3.8) is 0 Å². The Balaban J connectivity index is 2.28. The van der Waals surface area contributed by atoms with Crippen LogP contribution in [0.3, 0.4) is 0 Å². The van der Waals surface area contributed by atoms with Gasteiger partial charge < -0.3 is 15.2 Å². The van der Waals surface area contributed by atoms with Crippen molar-refractivity contribution < 1.29 is 9.84 Å². The standard InChI is InChI=1S/C16H18ClNO2/c1-18-11-15(19)16(13-9-5-6-10-14(13)17)20-12-7-3-2-4-8-12/h2-10,15-16,18-19H,11H2,1H3. The van der Waals surface area contributed by atoms with E-state index >= 15 is 0 Å². The predicted molar refractivity (Wildman–Crippen MR) is 81.2 cm³/mol. The lowest BCUT2D eigenvalue weighted by Gasteiger charge is -2.25. The highest BCUT2D eigenvalue weighted by Crippen LogP contribution is 2.29. The molecule has 0 aromatic heterocycles. The first-order valence-electron chi connectivity index (χ1n) is 6.51. The van der Waals surface area contributed by atoms with Gasteiger partial charge in [-0.25, -0.2) is 0 Å². The summed E-state index contributed by atoms with van der Waals surface area (Å²) in [5.41, 5.74) is 0.778. The summed E-state index contributed by atoms with van der Waals surface area (Å²) in [7, 11) is 1.79.